The van der Waals surface area contributed by atoms with Crippen molar-refractivity contribution in [3.8, 4) is 0 Å². The molecule has 2 rings (SSSR count). The van der Waals surface area contributed by atoms with Crippen LogP contribution in [0.25, 0.3) is 0 Å². The van der Waals surface area contributed by atoms with Gasteiger partial charge >= 0.3 is 5.69 Å². The van der Waals surface area contributed by atoms with Gasteiger partial charge in [0.1, 0.15) is 18.2 Å². The number of hydrogen-bond acceptors (Lipinski definition) is 7. The monoisotopic (exact) mass is 242 g/mol. The summed E-state index contributed by atoms with van der Waals surface area (Å²) in [5.41, 5.74) is 4.76. The molecule has 8 nitrogen and oxygen atoms in total. The minimum absolute atomic E-state index is 0.0963. The first kappa shape index (κ1) is 12.0. The molecule has 0 radical (unpaired) electrons. The Morgan fingerprint density at radius 3 is 2.82 bits per heavy atom. The predicted molar refractivity (Wildman–Crippen MR) is 57.1 cm³/mol. The van der Waals surface area contributed by atoms with Crippen molar-refractivity contribution in [2.75, 3.05) is 12.3 Å². The predicted octanol–water partition coefficient (Wildman–Crippen LogP) is -1.83. The van der Waals surface area contributed by atoms with E-state index in [1.807, 2.05) is 0 Å². The molecule has 1 saturated heterocycles. The van der Waals surface area contributed by atoms with Crippen LogP contribution in [0.3, 0.4) is 0 Å². The van der Waals surface area contributed by atoms with Crippen molar-refractivity contribution in [2.24, 2.45) is 0 Å². The number of nitrogens with zero attached hydrogens (tertiary/aromatic N) is 3. The minimum Gasteiger partial charge on any atom is -0.394 e. The third kappa shape index (κ3) is 2.14. The van der Waals surface area contributed by atoms with Crippen LogP contribution in [-0.4, -0.2) is 43.6 Å². The van der Waals surface area contributed by atoms with Crippen molar-refractivity contribution in [1.29, 1.82) is 0 Å². The van der Waals surface area contributed by atoms with Crippen LogP contribution >= 0.6 is 0 Å². The van der Waals surface area contributed by atoms with E-state index in [0.717, 1.165) is 0 Å². The molecular formula is C9H14N4O4. The van der Waals surface area contributed by atoms with Gasteiger partial charge in [-0.05, 0) is 6.92 Å². The highest BCUT2D eigenvalue weighted by molar-refractivity contribution is 5.13. The lowest BCUT2D eigenvalue weighted by Gasteiger charge is -2.16. The molecule has 0 aliphatic carbocycles. The second-order valence-electron chi connectivity index (χ2n) is 3.90. The fourth-order valence-electron chi connectivity index (χ4n) is 1.90. The van der Waals surface area contributed by atoms with Crippen LogP contribution < -0.4 is 11.4 Å². The van der Waals surface area contributed by atoms with Gasteiger partial charge in [-0.15, -0.1) is 0 Å². The summed E-state index contributed by atoms with van der Waals surface area (Å²) in [5, 5.41) is 18.6. The summed E-state index contributed by atoms with van der Waals surface area (Å²) in [6, 6.07) is 0. The van der Waals surface area contributed by atoms with E-state index in [4.69, 9.17) is 15.6 Å². The Bertz CT molecular complexity index is 475. The third-order valence-electron chi connectivity index (χ3n) is 2.71. The van der Waals surface area contributed by atoms with Gasteiger partial charge in [0.15, 0.2) is 0 Å². The van der Waals surface area contributed by atoms with Crippen LogP contribution in [0, 0.1) is 6.92 Å². The zero-order chi connectivity index (χ0) is 12.6. The first-order valence-electron chi connectivity index (χ1n) is 5.20. The number of nitrogen functional groups attached to an aromatic ring is 1. The highest BCUT2D eigenvalue weighted by Gasteiger charge is 2.35. The number of aliphatic hydroxyl groups excluding tert-OH is 2. The second kappa shape index (κ2) is 4.40. The molecule has 0 unspecified atom stereocenters. The summed E-state index contributed by atoms with van der Waals surface area (Å²) in [6.45, 7) is 1.29. The normalized spacial score (nSPS) is 28.5. The molecule has 1 aliphatic heterocycles. The minimum atomic E-state index is -0.811. The Labute approximate surface area is 96.7 Å². The molecule has 0 amide bonds. The maximum atomic E-state index is 11.7. The number of aryl methyl sites for hydroxylation is 1. The van der Waals surface area contributed by atoms with Crippen LogP contribution in [0.4, 0.5) is 5.95 Å². The summed E-state index contributed by atoms with van der Waals surface area (Å²) in [7, 11) is 0. The molecule has 17 heavy (non-hydrogen) atoms. The molecule has 0 bridgehead atoms. The van der Waals surface area contributed by atoms with E-state index in [-0.39, 0.29) is 19.0 Å². The summed E-state index contributed by atoms with van der Waals surface area (Å²) >= 11 is 0. The molecule has 8 heteroatoms. The maximum Gasteiger partial charge on any atom is 0.354 e. The number of nitrogens with two attached hydrogens (primary N) is 1. The Balaban J connectivity index is 2.34. The molecule has 94 valence electrons. The third-order valence-corrected chi connectivity index (χ3v) is 2.71. The lowest BCUT2D eigenvalue weighted by atomic mass is 10.2. The van der Waals surface area contributed by atoms with E-state index in [9.17, 15) is 9.90 Å². The van der Waals surface area contributed by atoms with E-state index >= 15 is 0 Å². The fraction of sp³-hybridized carbons (Fsp3) is 0.667. The summed E-state index contributed by atoms with van der Waals surface area (Å²) in [4.78, 5) is 19.0. The van der Waals surface area contributed by atoms with Crippen molar-refractivity contribution in [1.82, 2.24) is 14.5 Å². The molecule has 1 fully saturated rings. The Hall–Kier alpha value is -1.51. The van der Waals surface area contributed by atoms with Crippen LogP contribution in [0.15, 0.2) is 4.79 Å². The molecule has 0 saturated carbocycles. The number of rotatable bonds is 2. The number of hydrogen-bond donors (Lipinski definition) is 3. The van der Waals surface area contributed by atoms with Gasteiger partial charge in [0.2, 0.25) is 5.95 Å². The topological polar surface area (TPSA) is 123 Å². The van der Waals surface area contributed by atoms with E-state index in [2.05, 4.69) is 9.97 Å². The molecule has 2 heterocycles. The molecular weight excluding hydrogens is 228 g/mol. The molecule has 3 atom stereocenters. The Kier molecular flexibility index (Phi) is 3.09. The van der Waals surface area contributed by atoms with Gasteiger partial charge in [-0.25, -0.2) is 4.79 Å². The van der Waals surface area contributed by atoms with E-state index in [0.29, 0.717) is 5.82 Å². The first-order chi connectivity index (χ1) is 8.02. The lowest BCUT2D eigenvalue weighted by Crippen LogP contribution is -2.31. The van der Waals surface area contributed by atoms with Gasteiger partial charge in [-0.2, -0.15) is 9.97 Å². The number of anilines is 1. The lowest BCUT2D eigenvalue weighted by molar-refractivity contribution is -0.0469. The SMILES string of the molecule is Cc1nc(N)nc(=O)n1[C@H]1C[C@H](O)[C@@H](CO)O1. The quantitative estimate of drug-likeness (QED) is 0.557. The highest BCUT2D eigenvalue weighted by atomic mass is 16.5. The molecule has 1 aliphatic rings. The van der Waals surface area contributed by atoms with Gasteiger partial charge in [0, 0.05) is 6.42 Å². The summed E-state index contributed by atoms with van der Waals surface area (Å²) in [5.74, 6) is 0.263. The number of ether oxygens (including phenoxy) is 1. The molecule has 1 aromatic heterocycles. The smallest absolute Gasteiger partial charge is 0.354 e. The number of aromatic nitrogens is 3. The van der Waals surface area contributed by atoms with Crippen molar-refractivity contribution in [2.45, 2.75) is 31.8 Å². The first-order valence-corrected chi connectivity index (χ1v) is 5.20. The Morgan fingerprint density at radius 2 is 2.29 bits per heavy atom. The molecule has 4 N–H and O–H groups in total. The molecule has 0 aromatic carbocycles. The summed E-state index contributed by atoms with van der Waals surface area (Å²) < 4.78 is 6.57. The maximum absolute atomic E-state index is 11.7. The highest BCUT2D eigenvalue weighted by Crippen LogP contribution is 2.27. The average molecular weight is 242 g/mol. The largest absolute Gasteiger partial charge is 0.394 e. The zero-order valence-corrected chi connectivity index (χ0v) is 9.28. The Morgan fingerprint density at radius 1 is 1.59 bits per heavy atom. The van der Waals surface area contributed by atoms with Gasteiger partial charge in [-0.1, -0.05) is 0 Å². The van der Waals surface area contributed by atoms with Gasteiger partial charge in [0.05, 0.1) is 12.7 Å². The van der Waals surface area contributed by atoms with E-state index < -0.39 is 24.1 Å². The number of aliphatic hydroxyl groups is 2. The van der Waals surface area contributed by atoms with E-state index in [1.165, 1.54) is 4.57 Å². The summed E-state index contributed by atoms with van der Waals surface area (Å²) in [6.07, 6.45) is -1.97. The van der Waals surface area contributed by atoms with Gasteiger partial charge < -0.3 is 20.7 Å². The van der Waals surface area contributed by atoms with E-state index in [1.54, 1.807) is 6.92 Å². The zero-order valence-electron chi connectivity index (χ0n) is 9.28. The standard InChI is InChI=1S/C9H14N4O4/c1-4-11-8(10)12-9(16)13(4)7-2-5(15)6(3-14)17-7/h5-7,14-15H,2-3H2,1H3,(H2,10,12,16)/t5-,6+,7+/m0/s1. The van der Waals surface area contributed by atoms with Crippen molar-refractivity contribution in [3.05, 3.63) is 16.3 Å². The van der Waals surface area contributed by atoms with Crippen molar-refractivity contribution >= 4 is 5.95 Å². The van der Waals surface area contributed by atoms with Crippen molar-refractivity contribution < 1.29 is 14.9 Å². The van der Waals surface area contributed by atoms with Crippen LogP contribution in [0.1, 0.15) is 18.5 Å². The second-order valence-corrected chi connectivity index (χ2v) is 3.90. The molecule has 0 spiro atoms. The van der Waals surface area contributed by atoms with Crippen LogP contribution in [0.2, 0.25) is 0 Å². The van der Waals surface area contributed by atoms with Crippen LogP contribution in [-0.2, 0) is 4.74 Å². The van der Waals surface area contributed by atoms with Gasteiger partial charge in [-0.3, -0.25) is 4.57 Å². The van der Waals surface area contributed by atoms with Crippen molar-refractivity contribution in [3.63, 3.8) is 0 Å². The fourth-order valence-corrected chi connectivity index (χ4v) is 1.90. The van der Waals surface area contributed by atoms with Gasteiger partial charge in [0.25, 0.3) is 0 Å². The average Bonchev–Trinajstić information content (AvgIpc) is 2.57. The van der Waals surface area contributed by atoms with Crippen LogP contribution in [0.5, 0.6) is 0 Å². The molecule has 1 aromatic rings.